The highest BCUT2D eigenvalue weighted by molar-refractivity contribution is 7.99. The average molecular weight is 373 g/mol. The predicted molar refractivity (Wildman–Crippen MR) is 97.7 cm³/mol. The first-order valence-corrected chi connectivity index (χ1v) is 8.93. The van der Waals surface area contributed by atoms with E-state index >= 15 is 0 Å². The minimum atomic E-state index is -0.120. The molecule has 8 heteroatoms. The van der Waals surface area contributed by atoms with Crippen LogP contribution in [-0.2, 0) is 11.3 Å². The van der Waals surface area contributed by atoms with Crippen LogP contribution in [0.25, 0.3) is 22.1 Å². The van der Waals surface area contributed by atoms with E-state index in [1.165, 1.54) is 11.8 Å². The van der Waals surface area contributed by atoms with E-state index in [1.807, 2.05) is 24.3 Å². The first kappa shape index (κ1) is 16.0. The lowest BCUT2D eigenvalue weighted by Crippen LogP contribution is -2.25. The fraction of sp³-hybridized carbons (Fsp3) is 0.118. The fourth-order valence-corrected chi connectivity index (χ4v) is 3.23. The Kier molecular flexibility index (Phi) is 4.33. The number of para-hydroxylation sites is 2. The molecule has 2 heterocycles. The number of amides is 1. The summed E-state index contributed by atoms with van der Waals surface area (Å²) in [5.41, 5.74) is 3.16. The molecule has 0 bridgehead atoms. The smallest absolute Gasteiger partial charge is 0.257 e. The number of nitrogens with zero attached hydrogens (tertiary/aromatic N) is 2. The predicted octanol–water partition coefficient (Wildman–Crippen LogP) is 3.77. The van der Waals surface area contributed by atoms with E-state index < -0.39 is 0 Å². The number of thioether (sulfide) groups is 1. The molecule has 2 N–H and O–H groups in total. The second kappa shape index (κ2) is 6.78. The zero-order chi connectivity index (χ0) is 17.2. The van der Waals surface area contributed by atoms with Crippen LogP contribution in [0.1, 0.15) is 5.82 Å². The molecule has 4 aromatic rings. The van der Waals surface area contributed by atoms with Gasteiger partial charge in [-0.3, -0.25) is 4.79 Å². The molecular weight excluding hydrogens is 360 g/mol. The number of aromatic amines is 1. The van der Waals surface area contributed by atoms with E-state index in [0.29, 0.717) is 27.9 Å². The van der Waals surface area contributed by atoms with E-state index in [4.69, 9.17) is 16.0 Å². The SMILES string of the molecule is O=C(CSc1nc2cc(Cl)ccc2o1)NCc1nc2ccccc2[nH]1. The molecule has 0 fully saturated rings. The highest BCUT2D eigenvalue weighted by atomic mass is 35.5. The molecule has 0 atom stereocenters. The molecule has 0 aliphatic heterocycles. The van der Waals surface area contributed by atoms with Gasteiger partial charge in [0, 0.05) is 5.02 Å². The maximum absolute atomic E-state index is 12.0. The van der Waals surface area contributed by atoms with Crippen molar-refractivity contribution in [3.8, 4) is 0 Å². The Labute approximate surface area is 152 Å². The van der Waals surface area contributed by atoms with Crippen LogP contribution < -0.4 is 5.32 Å². The summed E-state index contributed by atoms with van der Waals surface area (Å²) in [4.78, 5) is 23.9. The van der Waals surface area contributed by atoms with Gasteiger partial charge in [0.15, 0.2) is 5.58 Å². The summed E-state index contributed by atoms with van der Waals surface area (Å²) < 4.78 is 5.57. The van der Waals surface area contributed by atoms with Crippen molar-refractivity contribution in [1.29, 1.82) is 0 Å². The lowest BCUT2D eigenvalue weighted by molar-refractivity contribution is -0.118. The van der Waals surface area contributed by atoms with Gasteiger partial charge in [-0.05, 0) is 30.3 Å². The van der Waals surface area contributed by atoms with Gasteiger partial charge in [0.2, 0.25) is 5.91 Å². The van der Waals surface area contributed by atoms with Crippen molar-refractivity contribution in [1.82, 2.24) is 20.3 Å². The Hall–Kier alpha value is -2.51. The molecule has 2 aromatic carbocycles. The first-order valence-electron chi connectivity index (χ1n) is 7.56. The largest absolute Gasteiger partial charge is 0.431 e. The number of fused-ring (bicyclic) bond motifs is 2. The Bertz CT molecular complexity index is 1030. The molecule has 0 saturated carbocycles. The number of carbonyl (C=O) groups excluding carboxylic acids is 1. The molecule has 0 radical (unpaired) electrons. The number of halogens is 1. The van der Waals surface area contributed by atoms with Crippen molar-refractivity contribution in [3.05, 3.63) is 53.3 Å². The van der Waals surface area contributed by atoms with Gasteiger partial charge >= 0.3 is 0 Å². The third-order valence-corrected chi connectivity index (χ3v) is 4.61. The zero-order valence-corrected chi connectivity index (χ0v) is 14.5. The maximum Gasteiger partial charge on any atom is 0.257 e. The number of aromatic nitrogens is 3. The van der Waals surface area contributed by atoms with E-state index in [9.17, 15) is 4.79 Å². The van der Waals surface area contributed by atoms with E-state index in [2.05, 4.69) is 20.3 Å². The topological polar surface area (TPSA) is 83.8 Å². The number of oxazole rings is 1. The van der Waals surface area contributed by atoms with E-state index in [1.54, 1.807) is 18.2 Å². The lowest BCUT2D eigenvalue weighted by atomic mass is 10.3. The van der Waals surface area contributed by atoms with Crippen molar-refractivity contribution in [3.63, 3.8) is 0 Å². The second-order valence-corrected chi connectivity index (χ2v) is 6.72. The van der Waals surface area contributed by atoms with Crippen LogP contribution in [0.5, 0.6) is 0 Å². The van der Waals surface area contributed by atoms with Crippen LogP contribution in [0.15, 0.2) is 52.1 Å². The van der Waals surface area contributed by atoms with Crippen LogP contribution in [0, 0.1) is 0 Å². The Morgan fingerprint density at radius 3 is 2.96 bits per heavy atom. The average Bonchev–Trinajstić information content (AvgIpc) is 3.20. The number of hydrogen-bond acceptors (Lipinski definition) is 5. The fourth-order valence-electron chi connectivity index (χ4n) is 2.39. The first-order chi connectivity index (χ1) is 12.2. The minimum absolute atomic E-state index is 0.120. The molecule has 4 rings (SSSR count). The van der Waals surface area contributed by atoms with Crippen molar-refractivity contribution < 1.29 is 9.21 Å². The summed E-state index contributed by atoms with van der Waals surface area (Å²) in [5.74, 6) is 0.808. The molecule has 0 aliphatic carbocycles. The lowest BCUT2D eigenvalue weighted by Gasteiger charge is -2.01. The standard InChI is InChI=1S/C17H13ClN4O2S/c18-10-5-6-14-13(7-10)22-17(24-14)25-9-16(23)19-8-15-20-11-3-1-2-4-12(11)21-15/h1-7H,8-9H2,(H,19,23)(H,20,21). The molecule has 0 aliphatic rings. The van der Waals surface area contributed by atoms with Gasteiger partial charge < -0.3 is 14.7 Å². The van der Waals surface area contributed by atoms with Crippen LogP contribution in [-0.4, -0.2) is 26.6 Å². The van der Waals surface area contributed by atoms with Crippen molar-refractivity contribution in [2.45, 2.75) is 11.8 Å². The Balaban J connectivity index is 1.33. The van der Waals surface area contributed by atoms with Gasteiger partial charge in [-0.15, -0.1) is 0 Å². The van der Waals surface area contributed by atoms with Crippen LogP contribution in [0.3, 0.4) is 0 Å². The number of H-pyrrole nitrogens is 1. The molecule has 126 valence electrons. The number of carbonyl (C=O) groups is 1. The van der Waals surface area contributed by atoms with Crippen LogP contribution in [0.2, 0.25) is 5.02 Å². The molecule has 0 unspecified atom stereocenters. The van der Waals surface area contributed by atoms with Crippen molar-refractivity contribution in [2.75, 3.05) is 5.75 Å². The number of hydrogen-bond donors (Lipinski definition) is 2. The van der Waals surface area contributed by atoms with Crippen molar-refractivity contribution in [2.24, 2.45) is 0 Å². The number of nitrogens with one attached hydrogen (secondary N) is 2. The quantitative estimate of drug-likeness (QED) is 0.521. The summed E-state index contributed by atoms with van der Waals surface area (Å²) in [6, 6.07) is 13.0. The molecule has 25 heavy (non-hydrogen) atoms. The van der Waals surface area contributed by atoms with Gasteiger partial charge in [0.1, 0.15) is 11.3 Å². The van der Waals surface area contributed by atoms with Gasteiger partial charge in [0.05, 0.1) is 23.3 Å². The van der Waals surface area contributed by atoms with E-state index in [0.717, 1.165) is 16.9 Å². The Morgan fingerprint density at radius 1 is 1.20 bits per heavy atom. The van der Waals surface area contributed by atoms with Gasteiger partial charge in [-0.25, -0.2) is 9.97 Å². The van der Waals surface area contributed by atoms with Crippen LogP contribution in [0.4, 0.5) is 0 Å². The highest BCUT2D eigenvalue weighted by Gasteiger charge is 2.10. The molecule has 1 amide bonds. The van der Waals surface area contributed by atoms with Gasteiger partial charge in [0.25, 0.3) is 5.22 Å². The molecular formula is C17H13ClN4O2S. The van der Waals surface area contributed by atoms with E-state index in [-0.39, 0.29) is 11.7 Å². The maximum atomic E-state index is 12.0. The summed E-state index contributed by atoms with van der Waals surface area (Å²) in [6.45, 7) is 0.344. The molecule has 6 nitrogen and oxygen atoms in total. The number of rotatable bonds is 5. The molecule has 0 spiro atoms. The monoisotopic (exact) mass is 372 g/mol. The number of imidazole rings is 1. The van der Waals surface area contributed by atoms with Gasteiger partial charge in [-0.1, -0.05) is 35.5 Å². The Morgan fingerprint density at radius 2 is 2.08 bits per heavy atom. The highest BCUT2D eigenvalue weighted by Crippen LogP contribution is 2.25. The van der Waals surface area contributed by atoms with Gasteiger partial charge in [-0.2, -0.15) is 0 Å². The van der Waals surface area contributed by atoms with Crippen molar-refractivity contribution >= 4 is 51.4 Å². The normalized spacial score (nSPS) is 11.2. The molecule has 0 saturated heterocycles. The third-order valence-electron chi connectivity index (χ3n) is 3.55. The minimum Gasteiger partial charge on any atom is -0.431 e. The molecule has 2 aromatic heterocycles. The van der Waals surface area contributed by atoms with Crippen LogP contribution >= 0.6 is 23.4 Å². The number of benzene rings is 2. The zero-order valence-electron chi connectivity index (χ0n) is 13.0. The summed E-state index contributed by atoms with van der Waals surface area (Å²) in [7, 11) is 0. The summed E-state index contributed by atoms with van der Waals surface area (Å²) in [5, 5.41) is 3.87. The summed E-state index contributed by atoms with van der Waals surface area (Å²) >= 11 is 7.16. The summed E-state index contributed by atoms with van der Waals surface area (Å²) in [6.07, 6.45) is 0. The second-order valence-electron chi connectivity index (χ2n) is 5.36. The third kappa shape index (κ3) is 3.62.